The fourth-order valence-electron chi connectivity index (χ4n) is 5.62. The Balaban J connectivity index is 1.49. The van der Waals surface area contributed by atoms with Crippen molar-refractivity contribution in [3.63, 3.8) is 0 Å². The number of anilines is 1. The first-order valence-corrected chi connectivity index (χ1v) is 10.7. The molecule has 1 aliphatic carbocycles. The first kappa shape index (κ1) is 19.1. The summed E-state index contributed by atoms with van der Waals surface area (Å²) in [5.41, 5.74) is 5.77. The largest absolute Gasteiger partial charge is 0.480 e. The van der Waals surface area contributed by atoms with E-state index in [4.69, 9.17) is 0 Å². The van der Waals surface area contributed by atoms with E-state index in [1.165, 1.54) is 21.6 Å². The number of carboxylic acids is 1. The summed E-state index contributed by atoms with van der Waals surface area (Å²) in [6.45, 7) is 1.65. The molecule has 1 atom stereocenters. The van der Waals surface area contributed by atoms with Crippen LogP contribution in [0.3, 0.4) is 0 Å². The zero-order valence-corrected chi connectivity index (χ0v) is 16.9. The minimum absolute atomic E-state index is 0.00326. The number of para-hydroxylation sites is 1. The Labute approximate surface area is 176 Å². The van der Waals surface area contributed by atoms with Gasteiger partial charge in [-0.3, -0.25) is 9.59 Å². The number of allylic oxidation sites excluding steroid dienone is 1. The summed E-state index contributed by atoms with van der Waals surface area (Å²) in [5, 5.41) is 12.9. The lowest BCUT2D eigenvalue weighted by atomic mass is 9.68. The van der Waals surface area contributed by atoms with Gasteiger partial charge in [0.15, 0.2) is 0 Å². The highest BCUT2D eigenvalue weighted by Gasteiger charge is 2.44. The van der Waals surface area contributed by atoms with E-state index < -0.39 is 5.97 Å². The zero-order chi connectivity index (χ0) is 20.7. The van der Waals surface area contributed by atoms with E-state index in [0.717, 1.165) is 37.2 Å². The number of hydrogen-bond donors (Lipinski definition) is 2. The summed E-state index contributed by atoms with van der Waals surface area (Å²) in [7, 11) is 0. The Hall–Kier alpha value is -2.92. The van der Waals surface area contributed by atoms with Crippen molar-refractivity contribution < 1.29 is 14.7 Å². The van der Waals surface area contributed by atoms with Crippen LogP contribution in [0.5, 0.6) is 0 Å². The van der Waals surface area contributed by atoms with E-state index in [-0.39, 0.29) is 23.8 Å². The maximum absolute atomic E-state index is 13.4. The van der Waals surface area contributed by atoms with Crippen LogP contribution < -0.4 is 10.2 Å². The second-order valence-corrected chi connectivity index (χ2v) is 8.64. The van der Waals surface area contributed by atoms with Gasteiger partial charge in [-0.05, 0) is 61.5 Å². The molecule has 30 heavy (non-hydrogen) atoms. The van der Waals surface area contributed by atoms with E-state index in [1.807, 2.05) is 24.3 Å². The molecule has 0 aromatic heterocycles. The molecule has 2 aromatic rings. The summed E-state index contributed by atoms with van der Waals surface area (Å²) in [6.07, 6.45) is 5.69. The molecule has 0 radical (unpaired) electrons. The van der Waals surface area contributed by atoms with Crippen molar-refractivity contribution in [2.75, 3.05) is 24.5 Å². The number of benzene rings is 2. The second-order valence-electron chi connectivity index (χ2n) is 8.64. The lowest BCUT2D eigenvalue weighted by Crippen LogP contribution is -2.45. The Kier molecular flexibility index (Phi) is 4.70. The van der Waals surface area contributed by atoms with Crippen LogP contribution in [0.2, 0.25) is 0 Å². The lowest BCUT2D eigenvalue weighted by molar-refractivity contribution is -0.137. The van der Waals surface area contributed by atoms with Crippen LogP contribution in [0.15, 0.2) is 54.1 Å². The molecule has 154 valence electrons. The molecule has 2 aliphatic heterocycles. The highest BCUT2D eigenvalue weighted by Crippen LogP contribution is 2.50. The normalized spacial score (nSPS) is 21.9. The lowest BCUT2D eigenvalue weighted by Gasteiger charge is -2.40. The molecule has 1 fully saturated rings. The van der Waals surface area contributed by atoms with E-state index in [1.54, 1.807) is 0 Å². The average molecular weight is 402 g/mol. The summed E-state index contributed by atoms with van der Waals surface area (Å²) < 4.78 is 0. The van der Waals surface area contributed by atoms with Gasteiger partial charge in [0, 0.05) is 17.0 Å². The van der Waals surface area contributed by atoms with Crippen LogP contribution in [0, 0.1) is 5.92 Å². The molecule has 2 aromatic carbocycles. The molecule has 5 heteroatoms. The number of carboxylic acid groups (broad SMARTS) is 1. The van der Waals surface area contributed by atoms with Crippen LogP contribution in [0.1, 0.15) is 36.0 Å². The maximum atomic E-state index is 13.4. The summed E-state index contributed by atoms with van der Waals surface area (Å²) in [5.74, 6) is -1.29. The molecule has 0 bridgehead atoms. The van der Waals surface area contributed by atoms with Gasteiger partial charge in [-0.15, -0.1) is 0 Å². The first-order chi connectivity index (χ1) is 14.6. The molecule has 1 saturated heterocycles. The van der Waals surface area contributed by atoms with Crippen molar-refractivity contribution in [2.45, 2.75) is 31.1 Å². The second kappa shape index (κ2) is 7.40. The van der Waals surface area contributed by atoms with Crippen LogP contribution in [0.25, 0.3) is 6.08 Å². The fourth-order valence-corrected chi connectivity index (χ4v) is 5.62. The number of nitrogens with one attached hydrogen (secondary N) is 1. The molecule has 2 heterocycles. The van der Waals surface area contributed by atoms with Crippen LogP contribution in [0.4, 0.5) is 5.69 Å². The van der Waals surface area contributed by atoms with Crippen molar-refractivity contribution in [2.24, 2.45) is 5.92 Å². The molecule has 1 unspecified atom stereocenters. The zero-order valence-electron chi connectivity index (χ0n) is 16.9. The van der Waals surface area contributed by atoms with E-state index in [0.29, 0.717) is 12.8 Å². The van der Waals surface area contributed by atoms with Gasteiger partial charge in [0.25, 0.3) is 0 Å². The van der Waals surface area contributed by atoms with Gasteiger partial charge in [0.1, 0.15) is 6.54 Å². The summed E-state index contributed by atoms with van der Waals surface area (Å²) in [6, 6.07) is 16.3. The van der Waals surface area contributed by atoms with Crippen molar-refractivity contribution in [1.82, 2.24) is 5.32 Å². The standard InChI is InChI=1S/C25H26N2O3/c28-23(29)16-27-22-8-4-2-6-18(22)13-19(24(27)30)15-20-14-17-5-1-3-7-21(17)25(20)9-11-26-12-10-25/h1-8,14,19,26H,9-13,15-16H2,(H,28,29). The number of piperidine rings is 1. The van der Waals surface area contributed by atoms with Gasteiger partial charge >= 0.3 is 5.97 Å². The Morgan fingerprint density at radius 1 is 1.10 bits per heavy atom. The molecule has 5 nitrogen and oxygen atoms in total. The molecule has 0 saturated carbocycles. The molecule has 2 N–H and O–H groups in total. The van der Waals surface area contributed by atoms with Gasteiger partial charge in [0.2, 0.25) is 5.91 Å². The van der Waals surface area contributed by atoms with Crippen molar-refractivity contribution in [3.05, 3.63) is 70.8 Å². The third-order valence-electron chi connectivity index (χ3n) is 7.00. The van der Waals surface area contributed by atoms with Gasteiger partial charge in [-0.2, -0.15) is 0 Å². The highest BCUT2D eigenvalue weighted by atomic mass is 16.4. The molecule has 5 rings (SSSR count). The molecular weight excluding hydrogens is 376 g/mol. The number of nitrogens with zero attached hydrogens (tertiary/aromatic N) is 1. The van der Waals surface area contributed by atoms with Crippen LogP contribution >= 0.6 is 0 Å². The highest BCUT2D eigenvalue weighted by molar-refractivity contribution is 6.01. The van der Waals surface area contributed by atoms with Gasteiger partial charge in [0.05, 0.1) is 0 Å². The quantitative estimate of drug-likeness (QED) is 0.823. The summed E-state index contributed by atoms with van der Waals surface area (Å²) >= 11 is 0. The SMILES string of the molecule is O=C(O)CN1C(=O)C(CC2=Cc3ccccc3C23CCNCC3)Cc2ccccc21. The van der Waals surface area contributed by atoms with Crippen LogP contribution in [-0.2, 0) is 21.4 Å². The summed E-state index contributed by atoms with van der Waals surface area (Å²) in [4.78, 5) is 26.3. The van der Waals surface area contributed by atoms with E-state index >= 15 is 0 Å². The Morgan fingerprint density at radius 3 is 2.63 bits per heavy atom. The molecule has 1 amide bonds. The minimum atomic E-state index is -0.985. The number of rotatable bonds is 4. The van der Waals surface area contributed by atoms with Crippen molar-refractivity contribution >= 4 is 23.6 Å². The third-order valence-corrected chi connectivity index (χ3v) is 7.00. The topological polar surface area (TPSA) is 69.6 Å². The first-order valence-electron chi connectivity index (χ1n) is 10.7. The average Bonchev–Trinajstić information content (AvgIpc) is 3.04. The predicted octanol–water partition coefficient (Wildman–Crippen LogP) is 3.39. The molecule has 3 aliphatic rings. The number of amides is 1. The van der Waals surface area contributed by atoms with Crippen molar-refractivity contribution in [1.29, 1.82) is 0 Å². The van der Waals surface area contributed by atoms with Crippen LogP contribution in [-0.4, -0.2) is 36.6 Å². The molecule has 1 spiro atoms. The van der Waals surface area contributed by atoms with Gasteiger partial charge < -0.3 is 15.3 Å². The van der Waals surface area contributed by atoms with E-state index in [9.17, 15) is 14.7 Å². The van der Waals surface area contributed by atoms with Gasteiger partial charge in [-0.25, -0.2) is 0 Å². The number of carbonyl (C=O) groups excluding carboxylic acids is 1. The van der Waals surface area contributed by atoms with Gasteiger partial charge in [-0.1, -0.05) is 54.1 Å². The number of carbonyl (C=O) groups is 2. The Bertz CT molecular complexity index is 1040. The maximum Gasteiger partial charge on any atom is 0.323 e. The predicted molar refractivity (Wildman–Crippen MR) is 116 cm³/mol. The monoisotopic (exact) mass is 402 g/mol. The fraction of sp³-hybridized carbons (Fsp3) is 0.360. The minimum Gasteiger partial charge on any atom is -0.480 e. The third kappa shape index (κ3) is 3.05. The smallest absolute Gasteiger partial charge is 0.323 e. The van der Waals surface area contributed by atoms with Crippen molar-refractivity contribution in [3.8, 4) is 0 Å². The number of aliphatic carboxylic acids is 1. The van der Waals surface area contributed by atoms with E-state index in [2.05, 4.69) is 35.7 Å². The molecular formula is C25H26N2O3. The number of hydrogen-bond acceptors (Lipinski definition) is 3. The Morgan fingerprint density at radius 2 is 1.83 bits per heavy atom. The number of fused-ring (bicyclic) bond motifs is 3.